The standard InChI is InChI=1S/C19H21ClN2O4S/c1-13-5-6-14(11-18(13)27(24,25)22-9-3-4-10-22)19(23)21-16-12-15(20)7-8-17(16)26-2/h5-8,11-12H,3-4,9-10H2,1-2H3,(H,21,23). The van der Waals surface area contributed by atoms with Gasteiger partial charge in [-0.3, -0.25) is 4.79 Å². The lowest BCUT2D eigenvalue weighted by Crippen LogP contribution is -2.28. The Balaban J connectivity index is 1.92. The van der Waals surface area contributed by atoms with Gasteiger partial charge < -0.3 is 10.1 Å². The molecule has 0 atom stereocenters. The van der Waals surface area contributed by atoms with E-state index in [0.29, 0.717) is 35.1 Å². The van der Waals surface area contributed by atoms with Crippen molar-refractivity contribution in [2.45, 2.75) is 24.7 Å². The minimum absolute atomic E-state index is 0.162. The van der Waals surface area contributed by atoms with Crippen molar-refractivity contribution in [3.05, 3.63) is 52.5 Å². The van der Waals surface area contributed by atoms with Gasteiger partial charge in [0, 0.05) is 23.7 Å². The first-order valence-electron chi connectivity index (χ1n) is 8.58. The van der Waals surface area contributed by atoms with Gasteiger partial charge in [0.25, 0.3) is 5.91 Å². The van der Waals surface area contributed by atoms with Gasteiger partial charge in [-0.15, -0.1) is 0 Å². The predicted molar refractivity (Wildman–Crippen MR) is 105 cm³/mol. The fourth-order valence-corrected chi connectivity index (χ4v) is 5.00. The fraction of sp³-hybridized carbons (Fsp3) is 0.316. The molecule has 2 aromatic rings. The molecule has 0 spiro atoms. The molecule has 1 aliphatic rings. The van der Waals surface area contributed by atoms with E-state index in [-0.39, 0.29) is 10.5 Å². The van der Waals surface area contributed by atoms with Gasteiger partial charge in [0.05, 0.1) is 17.7 Å². The lowest BCUT2D eigenvalue weighted by atomic mass is 10.1. The SMILES string of the molecule is COc1ccc(Cl)cc1NC(=O)c1ccc(C)c(S(=O)(=O)N2CCCC2)c1. The van der Waals surface area contributed by atoms with Gasteiger partial charge in [-0.1, -0.05) is 17.7 Å². The lowest BCUT2D eigenvalue weighted by Gasteiger charge is -2.18. The summed E-state index contributed by atoms with van der Waals surface area (Å²) in [6.07, 6.45) is 1.71. The third-order valence-electron chi connectivity index (χ3n) is 4.54. The molecule has 27 heavy (non-hydrogen) atoms. The molecule has 3 rings (SSSR count). The number of carbonyl (C=O) groups excluding carboxylic acids is 1. The molecule has 1 heterocycles. The highest BCUT2D eigenvalue weighted by Gasteiger charge is 2.29. The minimum Gasteiger partial charge on any atom is -0.495 e. The van der Waals surface area contributed by atoms with E-state index >= 15 is 0 Å². The van der Waals surface area contributed by atoms with Crippen LogP contribution in [-0.4, -0.2) is 38.8 Å². The van der Waals surface area contributed by atoms with Crippen molar-refractivity contribution in [2.24, 2.45) is 0 Å². The first kappa shape index (κ1) is 19.7. The fourth-order valence-electron chi connectivity index (χ4n) is 3.06. The normalized spacial score (nSPS) is 14.9. The summed E-state index contributed by atoms with van der Waals surface area (Å²) in [5, 5.41) is 3.18. The molecule has 1 aliphatic heterocycles. The highest BCUT2D eigenvalue weighted by molar-refractivity contribution is 7.89. The quantitative estimate of drug-likeness (QED) is 0.818. The largest absolute Gasteiger partial charge is 0.495 e. The molecule has 8 heteroatoms. The second-order valence-corrected chi connectivity index (χ2v) is 8.73. The van der Waals surface area contributed by atoms with E-state index in [9.17, 15) is 13.2 Å². The van der Waals surface area contributed by atoms with Crippen LogP contribution in [0.2, 0.25) is 5.02 Å². The summed E-state index contributed by atoms with van der Waals surface area (Å²) >= 11 is 5.99. The Morgan fingerprint density at radius 2 is 1.85 bits per heavy atom. The maximum Gasteiger partial charge on any atom is 0.255 e. The van der Waals surface area contributed by atoms with E-state index < -0.39 is 15.9 Å². The van der Waals surface area contributed by atoms with Crippen molar-refractivity contribution in [1.29, 1.82) is 0 Å². The molecule has 144 valence electrons. The van der Waals surface area contributed by atoms with Crippen LogP contribution in [0.15, 0.2) is 41.3 Å². The number of aryl methyl sites for hydroxylation is 1. The van der Waals surface area contributed by atoms with Gasteiger partial charge >= 0.3 is 0 Å². The van der Waals surface area contributed by atoms with E-state index in [0.717, 1.165) is 12.8 Å². The maximum atomic E-state index is 12.9. The average Bonchev–Trinajstić information content (AvgIpc) is 3.17. The third kappa shape index (κ3) is 4.10. The molecule has 0 unspecified atom stereocenters. The number of halogens is 1. The molecule has 0 bridgehead atoms. The Bertz CT molecular complexity index is 970. The molecule has 1 saturated heterocycles. The zero-order valence-electron chi connectivity index (χ0n) is 15.2. The Labute approximate surface area is 164 Å². The summed E-state index contributed by atoms with van der Waals surface area (Å²) in [5.74, 6) is 0.0261. The van der Waals surface area contributed by atoms with Crippen LogP contribution in [0.25, 0.3) is 0 Å². The number of ether oxygens (including phenoxy) is 1. The number of hydrogen-bond acceptors (Lipinski definition) is 4. The molecule has 0 saturated carbocycles. The number of rotatable bonds is 5. The smallest absolute Gasteiger partial charge is 0.255 e. The van der Waals surface area contributed by atoms with Gasteiger partial charge in [-0.25, -0.2) is 8.42 Å². The summed E-state index contributed by atoms with van der Waals surface area (Å²) in [7, 11) is -2.12. The predicted octanol–water partition coefficient (Wildman–Crippen LogP) is 3.69. The van der Waals surface area contributed by atoms with E-state index in [1.807, 2.05) is 0 Å². The van der Waals surface area contributed by atoms with Crippen LogP contribution in [0.5, 0.6) is 5.75 Å². The number of nitrogens with one attached hydrogen (secondary N) is 1. The highest BCUT2D eigenvalue weighted by atomic mass is 35.5. The van der Waals surface area contributed by atoms with Gasteiger partial charge in [0.15, 0.2) is 0 Å². The topological polar surface area (TPSA) is 75.7 Å². The number of sulfonamides is 1. The van der Waals surface area contributed by atoms with Crippen molar-refractivity contribution in [1.82, 2.24) is 4.31 Å². The monoisotopic (exact) mass is 408 g/mol. The first-order chi connectivity index (χ1) is 12.8. The molecule has 0 radical (unpaired) electrons. The van der Waals surface area contributed by atoms with Crippen molar-refractivity contribution in [3.8, 4) is 5.75 Å². The van der Waals surface area contributed by atoms with Gasteiger partial charge in [-0.2, -0.15) is 4.31 Å². The van der Waals surface area contributed by atoms with E-state index in [2.05, 4.69) is 5.32 Å². The summed E-state index contributed by atoms with van der Waals surface area (Å²) in [5.41, 5.74) is 1.28. The Morgan fingerprint density at radius 3 is 2.52 bits per heavy atom. The maximum absolute atomic E-state index is 12.9. The van der Waals surface area contributed by atoms with Crippen LogP contribution < -0.4 is 10.1 Å². The second-order valence-electron chi connectivity index (χ2n) is 6.39. The van der Waals surface area contributed by atoms with Crippen molar-refractivity contribution < 1.29 is 17.9 Å². The minimum atomic E-state index is -3.61. The van der Waals surface area contributed by atoms with Crippen LogP contribution in [0.1, 0.15) is 28.8 Å². The van der Waals surface area contributed by atoms with Gasteiger partial charge in [0.1, 0.15) is 5.75 Å². The van der Waals surface area contributed by atoms with E-state index in [4.69, 9.17) is 16.3 Å². The lowest BCUT2D eigenvalue weighted by molar-refractivity contribution is 0.102. The number of carbonyl (C=O) groups is 1. The molecule has 1 fully saturated rings. The Morgan fingerprint density at radius 1 is 1.15 bits per heavy atom. The van der Waals surface area contributed by atoms with E-state index in [1.54, 1.807) is 37.3 Å². The van der Waals surface area contributed by atoms with Crippen LogP contribution in [0.3, 0.4) is 0 Å². The molecule has 6 nitrogen and oxygen atoms in total. The van der Waals surface area contributed by atoms with Crippen molar-refractivity contribution in [2.75, 3.05) is 25.5 Å². The second kappa shape index (κ2) is 7.88. The molecule has 2 aromatic carbocycles. The zero-order valence-corrected chi connectivity index (χ0v) is 16.7. The van der Waals surface area contributed by atoms with Gasteiger partial charge in [0.2, 0.25) is 10.0 Å². The summed E-state index contributed by atoms with van der Waals surface area (Å²) in [6, 6.07) is 9.56. The molecule has 0 aliphatic carbocycles. The molecular formula is C19H21ClN2O4S. The number of hydrogen-bond donors (Lipinski definition) is 1. The van der Waals surface area contributed by atoms with E-state index in [1.165, 1.54) is 17.5 Å². The zero-order chi connectivity index (χ0) is 19.6. The number of anilines is 1. The third-order valence-corrected chi connectivity index (χ3v) is 6.82. The summed E-state index contributed by atoms with van der Waals surface area (Å²) < 4.78 is 32.5. The number of benzene rings is 2. The van der Waals surface area contributed by atoms with Crippen molar-refractivity contribution in [3.63, 3.8) is 0 Å². The van der Waals surface area contributed by atoms with Crippen LogP contribution >= 0.6 is 11.6 Å². The Hall–Kier alpha value is -2.09. The highest BCUT2D eigenvalue weighted by Crippen LogP contribution is 2.29. The Kier molecular flexibility index (Phi) is 5.74. The molecule has 1 N–H and O–H groups in total. The number of nitrogens with zero attached hydrogens (tertiary/aromatic N) is 1. The van der Waals surface area contributed by atoms with Crippen molar-refractivity contribution >= 4 is 33.2 Å². The summed E-state index contributed by atoms with van der Waals surface area (Å²) in [4.78, 5) is 12.8. The molecular weight excluding hydrogens is 388 g/mol. The molecule has 0 aromatic heterocycles. The first-order valence-corrected chi connectivity index (χ1v) is 10.4. The number of methoxy groups -OCH3 is 1. The van der Waals surface area contributed by atoms with Crippen LogP contribution in [0.4, 0.5) is 5.69 Å². The summed E-state index contributed by atoms with van der Waals surface area (Å²) in [6.45, 7) is 2.75. The molecule has 1 amide bonds. The average molecular weight is 409 g/mol. The van der Waals surface area contributed by atoms with Crippen LogP contribution in [-0.2, 0) is 10.0 Å². The van der Waals surface area contributed by atoms with Gasteiger partial charge in [-0.05, 0) is 55.7 Å². The number of amides is 1. The van der Waals surface area contributed by atoms with Crippen LogP contribution in [0, 0.1) is 6.92 Å².